The Balaban J connectivity index is 3.00. The summed E-state index contributed by atoms with van der Waals surface area (Å²) in [7, 11) is 0. The summed E-state index contributed by atoms with van der Waals surface area (Å²) in [6.07, 6.45) is -0.236. The van der Waals surface area contributed by atoms with Crippen LogP contribution >= 0.6 is 0 Å². The number of aryl methyl sites for hydroxylation is 1. The van der Waals surface area contributed by atoms with Crippen LogP contribution in [0, 0.1) is 12.7 Å². The maximum Gasteiger partial charge on any atom is 0.173 e. The van der Waals surface area contributed by atoms with Gasteiger partial charge in [0.15, 0.2) is 5.78 Å². The van der Waals surface area contributed by atoms with Crippen molar-refractivity contribution in [3.63, 3.8) is 0 Å². The van der Waals surface area contributed by atoms with Gasteiger partial charge in [-0.3, -0.25) is 9.59 Å². The lowest BCUT2D eigenvalue weighted by molar-refractivity contribution is -0.116. The molecule has 0 heterocycles. The van der Waals surface area contributed by atoms with Gasteiger partial charge in [-0.2, -0.15) is 0 Å². The number of carbonyl (C=O) groups is 2. The van der Waals surface area contributed by atoms with E-state index in [-0.39, 0.29) is 17.8 Å². The first-order valence-electron chi connectivity index (χ1n) is 4.29. The van der Waals surface area contributed by atoms with Crippen LogP contribution in [0.1, 0.15) is 29.3 Å². The predicted molar refractivity (Wildman–Crippen MR) is 50.8 cm³/mol. The van der Waals surface area contributed by atoms with E-state index in [1.165, 1.54) is 19.1 Å². The molecule has 1 aromatic carbocycles. The van der Waals surface area contributed by atoms with E-state index in [4.69, 9.17) is 0 Å². The first kappa shape index (κ1) is 10.6. The smallest absolute Gasteiger partial charge is 0.173 e. The van der Waals surface area contributed by atoms with Gasteiger partial charge in [0, 0.05) is 0 Å². The van der Waals surface area contributed by atoms with Crippen molar-refractivity contribution < 1.29 is 14.0 Å². The minimum atomic E-state index is -0.568. The van der Waals surface area contributed by atoms with Crippen LogP contribution in [-0.4, -0.2) is 11.6 Å². The van der Waals surface area contributed by atoms with E-state index in [0.29, 0.717) is 0 Å². The summed E-state index contributed by atoms with van der Waals surface area (Å²) in [5.41, 5.74) is 0.804. The van der Waals surface area contributed by atoms with Gasteiger partial charge in [0.2, 0.25) is 0 Å². The number of hydrogen-bond donors (Lipinski definition) is 0. The van der Waals surface area contributed by atoms with Crippen LogP contribution in [0.3, 0.4) is 0 Å². The molecule has 0 fully saturated rings. The van der Waals surface area contributed by atoms with E-state index in [2.05, 4.69) is 0 Å². The summed E-state index contributed by atoms with van der Waals surface area (Å²) in [5.74, 6) is -1.28. The highest BCUT2D eigenvalue weighted by Crippen LogP contribution is 2.12. The molecule has 1 rings (SSSR count). The summed E-state index contributed by atoms with van der Waals surface area (Å²) >= 11 is 0. The third-order valence-electron chi connectivity index (χ3n) is 1.83. The van der Waals surface area contributed by atoms with Crippen molar-refractivity contribution in [2.24, 2.45) is 0 Å². The largest absolute Gasteiger partial charge is 0.300 e. The van der Waals surface area contributed by atoms with Crippen molar-refractivity contribution in [1.29, 1.82) is 0 Å². The molecule has 74 valence electrons. The van der Waals surface area contributed by atoms with Gasteiger partial charge in [0.05, 0.1) is 12.0 Å². The molecule has 0 saturated heterocycles. The van der Waals surface area contributed by atoms with E-state index in [1.54, 1.807) is 13.0 Å². The van der Waals surface area contributed by atoms with Crippen molar-refractivity contribution in [3.8, 4) is 0 Å². The van der Waals surface area contributed by atoms with Crippen molar-refractivity contribution in [1.82, 2.24) is 0 Å². The Hall–Kier alpha value is -1.51. The number of halogens is 1. The molecule has 1 aromatic rings. The third kappa shape index (κ3) is 2.49. The van der Waals surface area contributed by atoms with E-state index in [9.17, 15) is 14.0 Å². The van der Waals surface area contributed by atoms with E-state index < -0.39 is 11.6 Å². The summed E-state index contributed by atoms with van der Waals surface area (Å²) in [6, 6.07) is 4.28. The highest BCUT2D eigenvalue weighted by Gasteiger charge is 2.13. The molecule has 0 radical (unpaired) electrons. The molecule has 0 atom stereocenters. The van der Waals surface area contributed by atoms with Gasteiger partial charge < -0.3 is 0 Å². The molecule has 0 aromatic heterocycles. The molecular formula is C11H11FO2. The lowest BCUT2D eigenvalue weighted by Gasteiger charge is -2.01. The fourth-order valence-corrected chi connectivity index (χ4v) is 1.17. The van der Waals surface area contributed by atoms with Crippen molar-refractivity contribution in [3.05, 3.63) is 35.1 Å². The highest BCUT2D eigenvalue weighted by molar-refractivity contribution is 6.07. The molecule has 0 aliphatic rings. The number of Topliss-reactive ketones (excluding diaryl/α,β-unsaturated/α-hetero) is 2. The fraction of sp³-hybridized carbons (Fsp3) is 0.273. The molecule has 0 amide bonds. The second-order valence-electron chi connectivity index (χ2n) is 3.29. The van der Waals surface area contributed by atoms with Gasteiger partial charge >= 0.3 is 0 Å². The zero-order valence-electron chi connectivity index (χ0n) is 8.13. The first-order chi connectivity index (χ1) is 6.50. The van der Waals surface area contributed by atoms with E-state index in [1.807, 2.05) is 0 Å². The van der Waals surface area contributed by atoms with Gasteiger partial charge in [-0.15, -0.1) is 0 Å². The molecule has 2 nitrogen and oxygen atoms in total. The topological polar surface area (TPSA) is 34.1 Å². The average Bonchev–Trinajstić information content (AvgIpc) is 2.08. The predicted octanol–water partition coefficient (Wildman–Crippen LogP) is 2.30. The summed E-state index contributed by atoms with van der Waals surface area (Å²) in [6.45, 7) is 3.08. The Bertz CT molecular complexity index is 383. The van der Waals surface area contributed by atoms with Crippen LogP contribution < -0.4 is 0 Å². The number of benzene rings is 1. The van der Waals surface area contributed by atoms with E-state index in [0.717, 1.165) is 5.56 Å². The maximum absolute atomic E-state index is 13.1. The lowest BCUT2D eigenvalue weighted by Crippen LogP contribution is -2.07. The molecule has 0 aliphatic heterocycles. The molecule has 0 aliphatic carbocycles. The van der Waals surface area contributed by atoms with Gasteiger partial charge in [-0.25, -0.2) is 4.39 Å². The molecule has 14 heavy (non-hydrogen) atoms. The standard InChI is InChI=1S/C11H11FO2/c1-7-3-4-10(12)9(5-7)11(14)6-8(2)13/h3-5H,6H2,1-2H3. The maximum atomic E-state index is 13.1. The zero-order valence-corrected chi connectivity index (χ0v) is 8.13. The Labute approximate surface area is 81.7 Å². The third-order valence-corrected chi connectivity index (χ3v) is 1.83. The van der Waals surface area contributed by atoms with Crippen LogP contribution in [0.5, 0.6) is 0 Å². The van der Waals surface area contributed by atoms with Crippen LogP contribution in [0.4, 0.5) is 4.39 Å². The highest BCUT2D eigenvalue weighted by atomic mass is 19.1. The zero-order chi connectivity index (χ0) is 10.7. The number of rotatable bonds is 3. The molecule has 0 unspecified atom stereocenters. The second-order valence-corrected chi connectivity index (χ2v) is 3.29. The van der Waals surface area contributed by atoms with Crippen LogP contribution in [0.2, 0.25) is 0 Å². The van der Waals surface area contributed by atoms with Crippen LogP contribution in [0.15, 0.2) is 18.2 Å². The number of ketones is 2. The van der Waals surface area contributed by atoms with Crippen molar-refractivity contribution in [2.45, 2.75) is 20.3 Å². The van der Waals surface area contributed by atoms with Gasteiger partial charge in [-0.1, -0.05) is 11.6 Å². The summed E-state index contributed by atoms with van der Waals surface area (Å²) in [4.78, 5) is 22.0. The Morgan fingerprint density at radius 3 is 2.57 bits per heavy atom. The Kier molecular flexibility index (Phi) is 3.12. The van der Waals surface area contributed by atoms with E-state index >= 15 is 0 Å². The van der Waals surface area contributed by atoms with Crippen LogP contribution in [-0.2, 0) is 4.79 Å². The first-order valence-corrected chi connectivity index (χ1v) is 4.29. The van der Waals surface area contributed by atoms with Gasteiger partial charge in [0.1, 0.15) is 11.6 Å². The molecule has 0 bridgehead atoms. The lowest BCUT2D eigenvalue weighted by atomic mass is 10.0. The fourth-order valence-electron chi connectivity index (χ4n) is 1.17. The molecule has 3 heteroatoms. The van der Waals surface area contributed by atoms with Crippen molar-refractivity contribution >= 4 is 11.6 Å². The monoisotopic (exact) mass is 194 g/mol. The number of carbonyl (C=O) groups excluding carboxylic acids is 2. The quantitative estimate of drug-likeness (QED) is 0.546. The average molecular weight is 194 g/mol. The van der Waals surface area contributed by atoms with Crippen molar-refractivity contribution in [2.75, 3.05) is 0 Å². The van der Waals surface area contributed by atoms with Gasteiger partial charge in [-0.05, 0) is 26.0 Å². The Morgan fingerprint density at radius 2 is 2.00 bits per heavy atom. The summed E-state index contributed by atoms with van der Waals surface area (Å²) in [5, 5.41) is 0. The molecule has 0 saturated carbocycles. The molecule has 0 spiro atoms. The van der Waals surface area contributed by atoms with Crippen LogP contribution in [0.25, 0.3) is 0 Å². The molecule has 0 N–H and O–H groups in total. The van der Waals surface area contributed by atoms with Gasteiger partial charge in [0.25, 0.3) is 0 Å². The number of hydrogen-bond acceptors (Lipinski definition) is 2. The SMILES string of the molecule is CC(=O)CC(=O)c1cc(C)ccc1F. The summed E-state index contributed by atoms with van der Waals surface area (Å²) < 4.78 is 13.1. The minimum absolute atomic E-state index is 0.000185. The normalized spacial score (nSPS) is 9.93. The molecular weight excluding hydrogens is 183 g/mol. The second kappa shape index (κ2) is 4.13. The minimum Gasteiger partial charge on any atom is -0.300 e. The Morgan fingerprint density at radius 1 is 1.36 bits per heavy atom.